The molecule has 1 unspecified atom stereocenters. The Kier molecular flexibility index (Phi) is 2.02. The molecule has 1 fully saturated rings. The van der Waals surface area contributed by atoms with E-state index >= 15 is 0 Å². The van der Waals surface area contributed by atoms with E-state index in [0.717, 1.165) is 24.0 Å². The molecule has 1 heterocycles. The fraction of sp³-hybridized carbons (Fsp3) is 0.538. The normalized spacial score (nSPS) is 22.4. The summed E-state index contributed by atoms with van der Waals surface area (Å²) in [6.07, 6.45) is 2.69. The predicted molar refractivity (Wildman–Crippen MR) is 60.2 cm³/mol. The minimum atomic E-state index is -0.109. The third-order valence-electron chi connectivity index (χ3n) is 4.01. The lowest BCUT2D eigenvalue weighted by Gasteiger charge is -2.21. The number of ether oxygens (including phenoxy) is 1. The minimum absolute atomic E-state index is 0.0161. The number of fused-ring (bicyclic) bond motifs is 1. The number of nitrogens with two attached hydrogens (primary N) is 1. The lowest BCUT2D eigenvalue weighted by Crippen LogP contribution is -2.32. The van der Waals surface area contributed by atoms with Crippen molar-refractivity contribution in [3.8, 4) is 5.75 Å². The number of hydrogen-bond donors (Lipinski definition) is 1. The van der Waals surface area contributed by atoms with Crippen molar-refractivity contribution in [2.75, 3.05) is 6.61 Å². The van der Waals surface area contributed by atoms with Crippen LogP contribution in [-0.2, 0) is 11.8 Å². The van der Waals surface area contributed by atoms with Gasteiger partial charge < -0.3 is 10.5 Å². The maximum Gasteiger partial charge on any atom is 0.134 e. The number of rotatable bonds is 2. The van der Waals surface area contributed by atoms with Gasteiger partial charge in [-0.05, 0) is 31.4 Å². The molecule has 0 aromatic heterocycles. The Morgan fingerprint density at radius 3 is 2.81 bits per heavy atom. The molecule has 1 saturated carbocycles. The van der Waals surface area contributed by atoms with Gasteiger partial charge in [0, 0.05) is 23.4 Å². The van der Waals surface area contributed by atoms with Crippen molar-refractivity contribution in [2.24, 2.45) is 5.73 Å². The highest BCUT2D eigenvalue weighted by atomic mass is 19.1. The standard InChI is InChI=1S/C13H16FNO/c1-8(15)13(5-6-13)10-2-3-11-9(12(10)14)4-7-16-11/h2-3,8H,4-7,15H2,1H3. The molecule has 2 nitrogen and oxygen atoms in total. The second-order valence-electron chi connectivity index (χ2n) is 4.95. The van der Waals surface area contributed by atoms with Crippen LogP contribution in [0.15, 0.2) is 12.1 Å². The van der Waals surface area contributed by atoms with E-state index < -0.39 is 0 Å². The monoisotopic (exact) mass is 221 g/mol. The summed E-state index contributed by atoms with van der Waals surface area (Å²) < 4.78 is 19.7. The van der Waals surface area contributed by atoms with E-state index in [1.807, 2.05) is 19.1 Å². The Balaban J connectivity index is 2.10. The highest BCUT2D eigenvalue weighted by Crippen LogP contribution is 2.52. The number of hydrogen-bond acceptors (Lipinski definition) is 2. The zero-order chi connectivity index (χ0) is 11.3. The average Bonchev–Trinajstić information content (AvgIpc) is 2.90. The van der Waals surface area contributed by atoms with E-state index in [9.17, 15) is 4.39 Å². The molecular formula is C13H16FNO. The third kappa shape index (κ3) is 1.21. The van der Waals surface area contributed by atoms with Gasteiger partial charge in [-0.2, -0.15) is 0 Å². The molecule has 0 bridgehead atoms. The smallest absolute Gasteiger partial charge is 0.134 e. The largest absolute Gasteiger partial charge is 0.493 e. The topological polar surface area (TPSA) is 35.2 Å². The van der Waals surface area contributed by atoms with E-state index in [1.165, 1.54) is 0 Å². The molecule has 3 rings (SSSR count). The second kappa shape index (κ2) is 3.20. The molecule has 1 aromatic carbocycles. The van der Waals surface area contributed by atoms with Gasteiger partial charge >= 0.3 is 0 Å². The summed E-state index contributed by atoms with van der Waals surface area (Å²) in [5, 5.41) is 0. The van der Waals surface area contributed by atoms with Crippen molar-refractivity contribution in [3.63, 3.8) is 0 Å². The molecule has 2 aliphatic rings. The van der Waals surface area contributed by atoms with Crippen LogP contribution in [0.1, 0.15) is 30.9 Å². The van der Waals surface area contributed by atoms with Crippen LogP contribution in [0.5, 0.6) is 5.75 Å². The van der Waals surface area contributed by atoms with Gasteiger partial charge in [0.05, 0.1) is 6.61 Å². The van der Waals surface area contributed by atoms with E-state index in [2.05, 4.69) is 0 Å². The lowest BCUT2D eigenvalue weighted by atomic mass is 9.87. The van der Waals surface area contributed by atoms with Crippen LogP contribution >= 0.6 is 0 Å². The van der Waals surface area contributed by atoms with Crippen molar-refractivity contribution in [2.45, 2.75) is 37.6 Å². The van der Waals surface area contributed by atoms with E-state index in [1.54, 1.807) is 0 Å². The van der Waals surface area contributed by atoms with Crippen LogP contribution in [0.4, 0.5) is 4.39 Å². The van der Waals surface area contributed by atoms with Gasteiger partial charge in [0.1, 0.15) is 11.6 Å². The Bertz CT molecular complexity index is 438. The van der Waals surface area contributed by atoms with Crippen molar-refractivity contribution in [3.05, 3.63) is 29.1 Å². The average molecular weight is 221 g/mol. The molecular weight excluding hydrogens is 205 g/mol. The van der Waals surface area contributed by atoms with Crippen LogP contribution in [0.2, 0.25) is 0 Å². The quantitative estimate of drug-likeness (QED) is 0.830. The highest BCUT2D eigenvalue weighted by molar-refractivity contribution is 5.46. The summed E-state index contributed by atoms with van der Waals surface area (Å²) >= 11 is 0. The highest BCUT2D eigenvalue weighted by Gasteiger charge is 2.49. The summed E-state index contributed by atoms with van der Waals surface area (Å²) in [4.78, 5) is 0. The maximum atomic E-state index is 14.3. The SMILES string of the molecule is CC(N)C1(c2ccc3c(c2F)CCO3)CC1. The van der Waals surface area contributed by atoms with Crippen LogP contribution in [0.25, 0.3) is 0 Å². The van der Waals surface area contributed by atoms with Crippen LogP contribution in [-0.4, -0.2) is 12.6 Å². The first-order chi connectivity index (χ1) is 7.65. The molecule has 2 N–H and O–H groups in total. The van der Waals surface area contributed by atoms with Crippen molar-refractivity contribution < 1.29 is 9.13 Å². The van der Waals surface area contributed by atoms with Crippen LogP contribution in [0.3, 0.4) is 0 Å². The molecule has 1 aliphatic carbocycles. The minimum Gasteiger partial charge on any atom is -0.493 e. The van der Waals surface area contributed by atoms with Gasteiger partial charge in [-0.25, -0.2) is 4.39 Å². The molecule has 1 atom stereocenters. The summed E-state index contributed by atoms with van der Waals surface area (Å²) in [7, 11) is 0. The Morgan fingerprint density at radius 1 is 1.44 bits per heavy atom. The number of halogens is 1. The van der Waals surface area contributed by atoms with E-state index in [4.69, 9.17) is 10.5 Å². The summed E-state index contributed by atoms with van der Waals surface area (Å²) in [5.74, 6) is 0.631. The molecule has 1 aliphatic heterocycles. The lowest BCUT2D eigenvalue weighted by molar-refractivity contribution is 0.356. The van der Waals surface area contributed by atoms with Crippen LogP contribution in [0, 0.1) is 5.82 Å². The Hall–Kier alpha value is -1.09. The molecule has 0 saturated heterocycles. The summed E-state index contributed by atoms with van der Waals surface area (Å²) in [6, 6.07) is 3.77. The van der Waals surface area contributed by atoms with Crippen LogP contribution < -0.4 is 10.5 Å². The molecule has 1 aromatic rings. The van der Waals surface area contributed by atoms with Gasteiger partial charge in [0.15, 0.2) is 0 Å². The summed E-state index contributed by atoms with van der Waals surface area (Å²) in [5.41, 5.74) is 7.41. The first-order valence-electron chi connectivity index (χ1n) is 5.85. The van der Waals surface area contributed by atoms with Crippen molar-refractivity contribution in [1.82, 2.24) is 0 Å². The first kappa shape index (κ1) is 10.1. The first-order valence-corrected chi connectivity index (χ1v) is 5.85. The molecule has 0 amide bonds. The van der Waals surface area contributed by atoms with Gasteiger partial charge in [0.25, 0.3) is 0 Å². The predicted octanol–water partition coefficient (Wildman–Crippen LogP) is 2.14. The fourth-order valence-electron chi connectivity index (χ4n) is 2.72. The Labute approximate surface area is 94.6 Å². The molecule has 16 heavy (non-hydrogen) atoms. The molecule has 0 spiro atoms. The van der Waals surface area contributed by atoms with E-state index in [-0.39, 0.29) is 17.3 Å². The van der Waals surface area contributed by atoms with Crippen molar-refractivity contribution in [1.29, 1.82) is 0 Å². The molecule has 86 valence electrons. The number of benzene rings is 1. The second-order valence-corrected chi connectivity index (χ2v) is 4.95. The molecule has 3 heteroatoms. The van der Waals surface area contributed by atoms with Gasteiger partial charge in [-0.1, -0.05) is 6.07 Å². The molecule has 0 radical (unpaired) electrons. The Morgan fingerprint density at radius 2 is 2.19 bits per heavy atom. The van der Waals surface area contributed by atoms with E-state index in [0.29, 0.717) is 18.8 Å². The zero-order valence-electron chi connectivity index (χ0n) is 9.42. The summed E-state index contributed by atoms with van der Waals surface area (Å²) in [6.45, 7) is 2.57. The van der Waals surface area contributed by atoms with Gasteiger partial charge in [0.2, 0.25) is 0 Å². The van der Waals surface area contributed by atoms with Gasteiger partial charge in [-0.3, -0.25) is 0 Å². The zero-order valence-corrected chi connectivity index (χ0v) is 9.42. The fourth-order valence-corrected chi connectivity index (χ4v) is 2.72. The van der Waals surface area contributed by atoms with Crippen molar-refractivity contribution >= 4 is 0 Å². The third-order valence-corrected chi connectivity index (χ3v) is 4.01. The maximum absolute atomic E-state index is 14.3. The van der Waals surface area contributed by atoms with Gasteiger partial charge in [-0.15, -0.1) is 0 Å².